The van der Waals surface area contributed by atoms with Crippen molar-refractivity contribution in [2.45, 2.75) is 13.0 Å². The summed E-state index contributed by atoms with van der Waals surface area (Å²) in [6.07, 6.45) is 0. The highest BCUT2D eigenvalue weighted by Crippen LogP contribution is 2.24. The lowest BCUT2D eigenvalue weighted by molar-refractivity contribution is 0.0943. The van der Waals surface area contributed by atoms with Gasteiger partial charge in [-0.25, -0.2) is 0 Å². The largest absolute Gasteiger partial charge is 0.345 e. The number of hydrogen-bond acceptors (Lipinski definition) is 2. The van der Waals surface area contributed by atoms with Gasteiger partial charge < -0.3 is 5.32 Å². The molecular weight excluding hydrogens is 378 g/mol. The monoisotopic (exact) mass is 387 g/mol. The fourth-order valence-electron chi connectivity index (χ4n) is 1.55. The van der Waals surface area contributed by atoms with E-state index in [1.807, 2.05) is 42.6 Å². The first-order valence-electron chi connectivity index (χ1n) is 5.37. The van der Waals surface area contributed by atoms with E-state index in [9.17, 15) is 4.79 Å². The van der Waals surface area contributed by atoms with Crippen LogP contribution in [0.4, 0.5) is 0 Å². The number of carbonyl (C=O) groups is 1. The zero-order chi connectivity index (χ0) is 13.1. The van der Waals surface area contributed by atoms with Crippen LogP contribution in [0.2, 0.25) is 0 Å². The number of carbonyl (C=O) groups excluding carboxylic acids is 1. The number of amides is 1. The molecule has 0 unspecified atom stereocenters. The van der Waals surface area contributed by atoms with Gasteiger partial charge in [-0.1, -0.05) is 28.1 Å². The van der Waals surface area contributed by atoms with Crippen LogP contribution >= 0.6 is 43.2 Å². The van der Waals surface area contributed by atoms with Crippen molar-refractivity contribution in [1.29, 1.82) is 0 Å². The van der Waals surface area contributed by atoms with Gasteiger partial charge in [0, 0.05) is 8.95 Å². The summed E-state index contributed by atoms with van der Waals surface area (Å²) in [6.45, 7) is 1.97. The molecule has 0 spiro atoms. The van der Waals surface area contributed by atoms with Gasteiger partial charge in [0.15, 0.2) is 0 Å². The number of hydrogen-bond donors (Lipinski definition) is 1. The molecule has 1 atom stereocenters. The first-order chi connectivity index (χ1) is 8.58. The van der Waals surface area contributed by atoms with Crippen LogP contribution in [0.5, 0.6) is 0 Å². The van der Waals surface area contributed by atoms with Crippen LogP contribution in [-0.4, -0.2) is 5.91 Å². The van der Waals surface area contributed by atoms with Crippen molar-refractivity contribution in [2.75, 3.05) is 0 Å². The van der Waals surface area contributed by atoms with Gasteiger partial charge in [0.1, 0.15) is 4.88 Å². The van der Waals surface area contributed by atoms with Gasteiger partial charge in [0.25, 0.3) is 5.91 Å². The highest BCUT2D eigenvalue weighted by molar-refractivity contribution is 9.10. The molecule has 2 nitrogen and oxygen atoms in total. The SMILES string of the molecule is C[C@H](NC(=O)c1sccc1Br)c1ccc(Br)cc1. The zero-order valence-electron chi connectivity index (χ0n) is 9.61. The van der Waals surface area contributed by atoms with E-state index < -0.39 is 0 Å². The van der Waals surface area contributed by atoms with Gasteiger partial charge in [-0.3, -0.25) is 4.79 Å². The maximum Gasteiger partial charge on any atom is 0.262 e. The Labute approximate surface area is 127 Å². The average molecular weight is 389 g/mol. The molecule has 0 aliphatic rings. The third-order valence-electron chi connectivity index (χ3n) is 2.54. The first kappa shape index (κ1) is 13.8. The molecule has 0 saturated carbocycles. The molecule has 0 bridgehead atoms. The Kier molecular flexibility index (Phi) is 4.59. The molecule has 0 fully saturated rings. The summed E-state index contributed by atoms with van der Waals surface area (Å²) >= 11 is 8.19. The Morgan fingerprint density at radius 1 is 1.22 bits per heavy atom. The summed E-state index contributed by atoms with van der Waals surface area (Å²) in [6, 6.07) is 9.80. The summed E-state index contributed by atoms with van der Waals surface area (Å²) in [7, 11) is 0. The van der Waals surface area contributed by atoms with Gasteiger partial charge in [0.2, 0.25) is 0 Å². The third kappa shape index (κ3) is 3.22. The smallest absolute Gasteiger partial charge is 0.262 e. The molecule has 1 N–H and O–H groups in total. The van der Waals surface area contributed by atoms with Crippen molar-refractivity contribution in [3.63, 3.8) is 0 Å². The van der Waals surface area contributed by atoms with Crippen molar-refractivity contribution in [3.8, 4) is 0 Å². The Bertz CT molecular complexity index is 550. The number of thiophene rings is 1. The van der Waals surface area contributed by atoms with Crippen molar-refractivity contribution >= 4 is 49.1 Å². The quantitative estimate of drug-likeness (QED) is 0.806. The lowest BCUT2D eigenvalue weighted by atomic mass is 10.1. The van der Waals surface area contributed by atoms with E-state index in [1.165, 1.54) is 11.3 Å². The molecule has 2 rings (SSSR count). The van der Waals surface area contributed by atoms with Crippen LogP contribution in [-0.2, 0) is 0 Å². The van der Waals surface area contributed by atoms with Gasteiger partial charge in [-0.05, 0) is 52.0 Å². The standard InChI is InChI=1S/C13H11Br2NOS/c1-8(9-2-4-10(14)5-3-9)16-13(17)12-11(15)6-7-18-12/h2-8H,1H3,(H,16,17)/t8-/m0/s1. The zero-order valence-corrected chi connectivity index (χ0v) is 13.6. The number of nitrogens with one attached hydrogen (secondary N) is 1. The predicted octanol–water partition coefficient (Wildman–Crippen LogP) is 4.76. The van der Waals surface area contributed by atoms with Gasteiger partial charge >= 0.3 is 0 Å². The average Bonchev–Trinajstić information content (AvgIpc) is 2.76. The molecule has 1 amide bonds. The molecule has 0 saturated heterocycles. The van der Waals surface area contributed by atoms with Crippen LogP contribution in [0.1, 0.15) is 28.2 Å². The second kappa shape index (κ2) is 5.99. The summed E-state index contributed by atoms with van der Waals surface area (Å²) in [5, 5.41) is 4.88. The molecule has 1 heterocycles. The van der Waals surface area contributed by atoms with Crippen molar-refractivity contribution in [3.05, 3.63) is 55.1 Å². The maximum absolute atomic E-state index is 12.0. The minimum Gasteiger partial charge on any atom is -0.345 e. The minimum atomic E-state index is -0.0488. The Morgan fingerprint density at radius 2 is 1.89 bits per heavy atom. The molecule has 18 heavy (non-hydrogen) atoms. The predicted molar refractivity (Wildman–Crippen MR) is 82.0 cm³/mol. The van der Waals surface area contributed by atoms with Crippen LogP contribution in [0.15, 0.2) is 44.7 Å². The van der Waals surface area contributed by atoms with E-state index in [-0.39, 0.29) is 11.9 Å². The topological polar surface area (TPSA) is 29.1 Å². The summed E-state index contributed by atoms with van der Waals surface area (Å²) in [5.74, 6) is -0.0488. The van der Waals surface area contributed by atoms with E-state index >= 15 is 0 Å². The second-order valence-corrected chi connectivity index (χ2v) is 6.53. The van der Waals surface area contributed by atoms with Crippen molar-refractivity contribution < 1.29 is 4.79 Å². The number of halogens is 2. The normalized spacial score (nSPS) is 12.2. The molecule has 94 valence electrons. The molecule has 5 heteroatoms. The van der Waals surface area contributed by atoms with Gasteiger partial charge in [-0.2, -0.15) is 0 Å². The number of benzene rings is 1. The highest BCUT2D eigenvalue weighted by atomic mass is 79.9. The summed E-state index contributed by atoms with van der Waals surface area (Å²) in [5.41, 5.74) is 1.08. The third-order valence-corrected chi connectivity index (χ3v) is 4.91. The van der Waals surface area contributed by atoms with E-state index in [0.717, 1.165) is 14.5 Å². The molecule has 0 aliphatic carbocycles. The van der Waals surface area contributed by atoms with Crippen molar-refractivity contribution in [2.24, 2.45) is 0 Å². The lowest BCUT2D eigenvalue weighted by Crippen LogP contribution is -2.26. The maximum atomic E-state index is 12.0. The molecule has 0 aliphatic heterocycles. The van der Waals surface area contributed by atoms with E-state index in [1.54, 1.807) is 0 Å². The van der Waals surface area contributed by atoms with E-state index in [0.29, 0.717) is 4.88 Å². The molecule has 1 aromatic carbocycles. The molecule has 2 aromatic rings. The first-order valence-corrected chi connectivity index (χ1v) is 7.84. The summed E-state index contributed by atoms with van der Waals surface area (Å²) < 4.78 is 1.87. The Morgan fingerprint density at radius 3 is 2.44 bits per heavy atom. The van der Waals surface area contributed by atoms with Crippen LogP contribution in [0.25, 0.3) is 0 Å². The Balaban J connectivity index is 2.08. The van der Waals surface area contributed by atoms with Crippen LogP contribution < -0.4 is 5.32 Å². The molecule has 1 aromatic heterocycles. The number of rotatable bonds is 3. The van der Waals surface area contributed by atoms with Crippen molar-refractivity contribution in [1.82, 2.24) is 5.32 Å². The van der Waals surface area contributed by atoms with Gasteiger partial charge in [-0.15, -0.1) is 11.3 Å². The van der Waals surface area contributed by atoms with Crippen LogP contribution in [0, 0.1) is 0 Å². The van der Waals surface area contributed by atoms with E-state index in [2.05, 4.69) is 37.2 Å². The fourth-order valence-corrected chi connectivity index (χ4v) is 3.27. The highest BCUT2D eigenvalue weighted by Gasteiger charge is 2.14. The molecular formula is C13H11Br2NOS. The molecule has 0 radical (unpaired) electrons. The second-order valence-electron chi connectivity index (χ2n) is 3.84. The lowest BCUT2D eigenvalue weighted by Gasteiger charge is -2.14. The minimum absolute atomic E-state index is 0.0143. The van der Waals surface area contributed by atoms with E-state index in [4.69, 9.17) is 0 Å². The fraction of sp³-hybridized carbons (Fsp3) is 0.154. The van der Waals surface area contributed by atoms with Crippen LogP contribution in [0.3, 0.4) is 0 Å². The summed E-state index contributed by atoms with van der Waals surface area (Å²) in [4.78, 5) is 12.7. The van der Waals surface area contributed by atoms with Gasteiger partial charge in [0.05, 0.1) is 6.04 Å². The Hall–Kier alpha value is -0.650.